The van der Waals surface area contributed by atoms with E-state index in [2.05, 4.69) is 0 Å². The van der Waals surface area contributed by atoms with E-state index in [0.717, 1.165) is 17.7 Å². The van der Waals surface area contributed by atoms with Crippen LogP contribution in [0.25, 0.3) is 0 Å². The molecule has 30 heavy (non-hydrogen) atoms. The zero-order valence-electron chi connectivity index (χ0n) is 17.7. The Morgan fingerprint density at radius 3 is 2.53 bits per heavy atom. The first-order valence-electron chi connectivity index (χ1n) is 10.2. The molecular formula is C21H28N2O6S. The number of nitro groups is 1. The number of hydrogen-bond acceptors (Lipinski definition) is 6. The topological polar surface area (TPSA) is 110 Å². The number of rotatable bonds is 6. The standard InChI is InChI=1S/C21H28N2O6S/c1-5-21(18(24)29-20(2,3)4)10-11-22(19(25)26)17(21)15-12-13(23(27)28)6-9-16(15)30-14-7-8-14/h6,9,12,14,17H,5,7-8,10-11H2,1-4H3,(H,25,26). The summed E-state index contributed by atoms with van der Waals surface area (Å²) in [5.74, 6) is -0.458. The smallest absolute Gasteiger partial charge is 0.407 e. The van der Waals surface area contributed by atoms with Crippen molar-refractivity contribution in [1.82, 2.24) is 4.90 Å². The van der Waals surface area contributed by atoms with Crippen LogP contribution in [0, 0.1) is 15.5 Å². The zero-order chi connectivity index (χ0) is 22.3. The predicted octanol–water partition coefficient (Wildman–Crippen LogP) is 5.01. The van der Waals surface area contributed by atoms with E-state index >= 15 is 0 Å². The Balaban J connectivity index is 2.16. The summed E-state index contributed by atoms with van der Waals surface area (Å²) in [4.78, 5) is 38.4. The van der Waals surface area contributed by atoms with E-state index in [4.69, 9.17) is 4.74 Å². The van der Waals surface area contributed by atoms with Crippen LogP contribution >= 0.6 is 11.8 Å². The first-order chi connectivity index (χ1) is 14.0. The molecule has 164 valence electrons. The highest BCUT2D eigenvalue weighted by Crippen LogP contribution is 2.54. The maximum absolute atomic E-state index is 13.3. The van der Waals surface area contributed by atoms with Crippen LogP contribution in [0.4, 0.5) is 10.5 Å². The molecule has 1 aromatic carbocycles. The molecule has 1 saturated heterocycles. The van der Waals surface area contributed by atoms with Crippen molar-refractivity contribution in [3.63, 3.8) is 0 Å². The summed E-state index contributed by atoms with van der Waals surface area (Å²) in [5, 5.41) is 21.8. The molecule has 1 aliphatic heterocycles. The predicted molar refractivity (Wildman–Crippen MR) is 113 cm³/mol. The van der Waals surface area contributed by atoms with E-state index in [1.807, 2.05) is 6.92 Å². The van der Waals surface area contributed by atoms with Gasteiger partial charge in [-0.05, 0) is 58.1 Å². The molecular weight excluding hydrogens is 408 g/mol. The van der Waals surface area contributed by atoms with Crippen LogP contribution in [0.15, 0.2) is 23.1 Å². The van der Waals surface area contributed by atoms with Crippen LogP contribution in [0.1, 0.15) is 65.0 Å². The van der Waals surface area contributed by atoms with Gasteiger partial charge in [-0.2, -0.15) is 0 Å². The maximum atomic E-state index is 13.3. The van der Waals surface area contributed by atoms with E-state index in [9.17, 15) is 24.8 Å². The summed E-state index contributed by atoms with van der Waals surface area (Å²) in [6.45, 7) is 7.33. The molecule has 1 saturated carbocycles. The van der Waals surface area contributed by atoms with Crippen molar-refractivity contribution in [3.8, 4) is 0 Å². The number of amides is 1. The average Bonchev–Trinajstić information content (AvgIpc) is 3.36. The van der Waals surface area contributed by atoms with Crippen molar-refractivity contribution < 1.29 is 24.4 Å². The number of nitro benzene ring substituents is 1. The lowest BCUT2D eigenvalue weighted by Crippen LogP contribution is -2.43. The van der Waals surface area contributed by atoms with Gasteiger partial charge in [-0.3, -0.25) is 14.9 Å². The largest absolute Gasteiger partial charge is 0.465 e. The first-order valence-corrected chi connectivity index (χ1v) is 11.0. The molecule has 0 bridgehead atoms. The van der Waals surface area contributed by atoms with Gasteiger partial charge in [0.25, 0.3) is 5.69 Å². The molecule has 2 aliphatic rings. The van der Waals surface area contributed by atoms with Gasteiger partial charge in [-0.1, -0.05) is 6.92 Å². The Labute approximate surface area is 180 Å². The van der Waals surface area contributed by atoms with E-state index in [-0.39, 0.29) is 12.2 Å². The monoisotopic (exact) mass is 436 g/mol. The summed E-state index contributed by atoms with van der Waals surface area (Å²) in [5.41, 5.74) is -1.42. The fraction of sp³-hybridized carbons (Fsp3) is 0.619. The van der Waals surface area contributed by atoms with Gasteiger partial charge in [-0.15, -0.1) is 11.8 Å². The maximum Gasteiger partial charge on any atom is 0.407 e. The summed E-state index contributed by atoms with van der Waals surface area (Å²) >= 11 is 1.60. The Bertz CT molecular complexity index is 864. The van der Waals surface area contributed by atoms with Gasteiger partial charge in [0, 0.05) is 28.8 Å². The molecule has 2 unspecified atom stereocenters. The second-order valence-corrected chi connectivity index (χ2v) is 10.3. The van der Waals surface area contributed by atoms with E-state index in [0.29, 0.717) is 23.7 Å². The lowest BCUT2D eigenvalue weighted by Gasteiger charge is -2.37. The third-order valence-corrected chi connectivity index (χ3v) is 7.06. The van der Waals surface area contributed by atoms with Gasteiger partial charge in [0.2, 0.25) is 0 Å². The molecule has 1 aromatic rings. The number of non-ortho nitro benzene ring substituents is 1. The molecule has 0 spiro atoms. The summed E-state index contributed by atoms with van der Waals surface area (Å²) in [6, 6.07) is 3.72. The van der Waals surface area contributed by atoms with Crippen molar-refractivity contribution in [1.29, 1.82) is 0 Å². The second-order valence-electron chi connectivity index (χ2n) is 8.94. The number of likely N-dealkylation sites (tertiary alicyclic amines) is 1. The quantitative estimate of drug-likeness (QED) is 0.379. The molecule has 1 amide bonds. The molecule has 8 nitrogen and oxygen atoms in total. The van der Waals surface area contributed by atoms with Crippen LogP contribution in [-0.2, 0) is 9.53 Å². The zero-order valence-corrected chi connectivity index (χ0v) is 18.5. The highest BCUT2D eigenvalue weighted by molar-refractivity contribution is 8.00. The fourth-order valence-corrected chi connectivity index (χ4v) is 5.18. The Kier molecular flexibility index (Phi) is 6.04. The van der Waals surface area contributed by atoms with E-state index < -0.39 is 34.0 Å². The fourth-order valence-electron chi connectivity index (χ4n) is 4.00. The first kappa shape index (κ1) is 22.4. The normalized spacial score (nSPS) is 24.0. The number of nitrogens with zero attached hydrogens (tertiary/aromatic N) is 2. The van der Waals surface area contributed by atoms with Crippen molar-refractivity contribution in [2.75, 3.05) is 6.54 Å². The number of carboxylic acid groups (broad SMARTS) is 1. The molecule has 0 aromatic heterocycles. The van der Waals surface area contributed by atoms with E-state index in [1.54, 1.807) is 38.6 Å². The van der Waals surface area contributed by atoms with Crippen molar-refractivity contribution in [2.45, 2.75) is 75.2 Å². The van der Waals surface area contributed by atoms with Crippen molar-refractivity contribution in [3.05, 3.63) is 33.9 Å². The van der Waals surface area contributed by atoms with Gasteiger partial charge >= 0.3 is 12.1 Å². The van der Waals surface area contributed by atoms with Crippen LogP contribution in [0.3, 0.4) is 0 Å². The molecule has 3 rings (SSSR count). The van der Waals surface area contributed by atoms with Gasteiger partial charge < -0.3 is 14.7 Å². The minimum Gasteiger partial charge on any atom is -0.465 e. The van der Waals surface area contributed by atoms with Gasteiger partial charge in [0.05, 0.1) is 16.4 Å². The third-order valence-electron chi connectivity index (χ3n) is 5.63. The van der Waals surface area contributed by atoms with Gasteiger partial charge in [0.15, 0.2) is 0 Å². The minimum absolute atomic E-state index is 0.114. The van der Waals surface area contributed by atoms with Crippen LogP contribution < -0.4 is 0 Å². The van der Waals surface area contributed by atoms with E-state index in [1.165, 1.54) is 17.0 Å². The number of thioether (sulfide) groups is 1. The lowest BCUT2D eigenvalue weighted by molar-refractivity contribution is -0.385. The minimum atomic E-state index is -1.15. The summed E-state index contributed by atoms with van der Waals surface area (Å²) in [7, 11) is 0. The molecule has 0 radical (unpaired) electrons. The molecule has 2 atom stereocenters. The van der Waals surface area contributed by atoms with Crippen LogP contribution in [0.2, 0.25) is 0 Å². The molecule has 1 heterocycles. The number of hydrogen-bond donors (Lipinski definition) is 1. The Morgan fingerprint density at radius 1 is 1.37 bits per heavy atom. The molecule has 9 heteroatoms. The number of benzene rings is 1. The SMILES string of the molecule is CCC1(C(=O)OC(C)(C)C)CCN(C(=O)O)C1c1cc([N+](=O)[O-])ccc1SC1CC1. The highest BCUT2D eigenvalue weighted by Gasteiger charge is 2.56. The van der Waals surface area contributed by atoms with Crippen molar-refractivity contribution in [2.24, 2.45) is 5.41 Å². The second kappa shape index (κ2) is 8.09. The van der Waals surface area contributed by atoms with Crippen LogP contribution in [-0.4, -0.2) is 44.4 Å². The number of carbonyl (C=O) groups excluding carboxylic acids is 1. The lowest BCUT2D eigenvalue weighted by atomic mass is 9.74. The summed E-state index contributed by atoms with van der Waals surface area (Å²) in [6.07, 6.45) is 1.64. The molecule has 1 N–H and O–H groups in total. The van der Waals surface area contributed by atoms with Gasteiger partial charge in [0.1, 0.15) is 5.60 Å². The highest BCUT2D eigenvalue weighted by atomic mass is 32.2. The van der Waals surface area contributed by atoms with Crippen LogP contribution in [0.5, 0.6) is 0 Å². The van der Waals surface area contributed by atoms with Crippen molar-refractivity contribution >= 4 is 29.5 Å². The van der Waals surface area contributed by atoms with Gasteiger partial charge in [-0.25, -0.2) is 4.79 Å². The molecule has 2 fully saturated rings. The number of esters is 1. The number of carbonyl (C=O) groups is 2. The Morgan fingerprint density at radius 2 is 2.03 bits per heavy atom. The Hall–Kier alpha value is -2.29. The number of ether oxygens (including phenoxy) is 1. The molecule has 1 aliphatic carbocycles. The average molecular weight is 437 g/mol. The third kappa shape index (κ3) is 4.40. The summed E-state index contributed by atoms with van der Waals surface area (Å²) < 4.78 is 5.71.